The standard InChI is InChI=1S/C26H28N2OS/c1-19-8-7-11-21(18-19)25(20-9-3-2-4-10-20)28-26(30)27-22-14-16-24(17-15-22)29-23-12-5-6-13-23/h2-4,7-11,14-18,23,25H,5-6,12-13H2,1H3,(H2,27,28,30)/t25-/m0/s1. The number of anilines is 1. The van der Waals surface area contributed by atoms with Crippen molar-refractivity contribution >= 4 is 23.0 Å². The third kappa shape index (κ3) is 5.39. The minimum Gasteiger partial charge on any atom is -0.490 e. The van der Waals surface area contributed by atoms with Crippen LogP contribution in [-0.4, -0.2) is 11.2 Å². The van der Waals surface area contributed by atoms with Gasteiger partial charge in [0.2, 0.25) is 0 Å². The summed E-state index contributed by atoms with van der Waals surface area (Å²) in [6.45, 7) is 2.11. The van der Waals surface area contributed by atoms with Gasteiger partial charge in [0.1, 0.15) is 5.75 Å². The molecule has 0 aliphatic heterocycles. The average molecular weight is 417 g/mol. The van der Waals surface area contributed by atoms with Crippen molar-refractivity contribution in [1.29, 1.82) is 0 Å². The van der Waals surface area contributed by atoms with Crippen molar-refractivity contribution in [2.45, 2.75) is 44.8 Å². The largest absolute Gasteiger partial charge is 0.490 e. The number of benzene rings is 3. The van der Waals surface area contributed by atoms with Gasteiger partial charge in [0.15, 0.2) is 5.11 Å². The second-order valence-electron chi connectivity index (χ2n) is 7.90. The summed E-state index contributed by atoms with van der Waals surface area (Å²) in [6, 6.07) is 27.0. The zero-order valence-corrected chi connectivity index (χ0v) is 18.1. The minimum atomic E-state index is -0.0175. The number of aryl methyl sites for hydroxylation is 1. The van der Waals surface area contributed by atoms with Gasteiger partial charge in [-0.15, -0.1) is 0 Å². The lowest BCUT2D eigenvalue weighted by Crippen LogP contribution is -2.33. The molecular formula is C26H28N2OS. The Balaban J connectivity index is 1.43. The van der Waals surface area contributed by atoms with Crippen LogP contribution in [0.15, 0.2) is 78.9 Å². The second-order valence-corrected chi connectivity index (χ2v) is 8.31. The summed E-state index contributed by atoms with van der Waals surface area (Å²) in [7, 11) is 0. The van der Waals surface area contributed by atoms with E-state index in [1.54, 1.807) is 0 Å². The highest BCUT2D eigenvalue weighted by molar-refractivity contribution is 7.80. The Hall–Kier alpha value is -2.85. The molecule has 0 amide bonds. The van der Waals surface area contributed by atoms with E-state index in [1.165, 1.54) is 29.5 Å². The molecule has 3 aromatic rings. The average Bonchev–Trinajstić information content (AvgIpc) is 3.27. The molecule has 1 fully saturated rings. The summed E-state index contributed by atoms with van der Waals surface area (Å²) in [5.41, 5.74) is 4.53. The third-order valence-corrected chi connectivity index (χ3v) is 5.72. The molecule has 4 rings (SSSR count). The fourth-order valence-electron chi connectivity index (χ4n) is 3.97. The number of thiocarbonyl (C=S) groups is 1. The van der Waals surface area contributed by atoms with Crippen molar-refractivity contribution in [3.8, 4) is 5.75 Å². The molecule has 0 unspecified atom stereocenters. The summed E-state index contributed by atoms with van der Waals surface area (Å²) >= 11 is 5.64. The molecule has 0 saturated heterocycles. The predicted molar refractivity (Wildman–Crippen MR) is 128 cm³/mol. The monoisotopic (exact) mass is 416 g/mol. The number of ether oxygens (including phenoxy) is 1. The Kier molecular flexibility index (Phi) is 6.65. The summed E-state index contributed by atoms with van der Waals surface area (Å²) < 4.78 is 6.05. The molecule has 4 heteroatoms. The number of nitrogens with one attached hydrogen (secondary N) is 2. The van der Waals surface area contributed by atoms with E-state index in [4.69, 9.17) is 17.0 Å². The van der Waals surface area contributed by atoms with E-state index in [0.29, 0.717) is 11.2 Å². The zero-order valence-electron chi connectivity index (χ0n) is 17.3. The molecule has 0 radical (unpaired) electrons. The van der Waals surface area contributed by atoms with E-state index in [-0.39, 0.29) is 6.04 Å². The van der Waals surface area contributed by atoms with Gasteiger partial charge in [-0.2, -0.15) is 0 Å². The van der Waals surface area contributed by atoms with Gasteiger partial charge in [-0.3, -0.25) is 0 Å². The molecule has 0 bridgehead atoms. The molecule has 1 atom stereocenters. The summed E-state index contributed by atoms with van der Waals surface area (Å²) in [6.07, 6.45) is 5.23. The first-order valence-electron chi connectivity index (χ1n) is 10.6. The van der Waals surface area contributed by atoms with Crippen LogP contribution in [0, 0.1) is 6.92 Å². The van der Waals surface area contributed by atoms with Gasteiger partial charge in [-0.05, 0) is 80.2 Å². The Morgan fingerprint density at radius 2 is 1.60 bits per heavy atom. The lowest BCUT2D eigenvalue weighted by Gasteiger charge is -2.22. The minimum absolute atomic E-state index is 0.0175. The first kappa shape index (κ1) is 20.4. The topological polar surface area (TPSA) is 33.3 Å². The van der Waals surface area contributed by atoms with Crippen molar-refractivity contribution in [3.63, 3.8) is 0 Å². The first-order valence-corrected chi connectivity index (χ1v) is 11.0. The molecule has 1 aliphatic rings. The molecule has 1 saturated carbocycles. The quantitative estimate of drug-likeness (QED) is 0.456. The van der Waals surface area contributed by atoms with Crippen LogP contribution in [0.1, 0.15) is 48.4 Å². The molecule has 2 N–H and O–H groups in total. The Morgan fingerprint density at radius 1 is 0.900 bits per heavy atom. The van der Waals surface area contributed by atoms with Crippen LogP contribution in [0.3, 0.4) is 0 Å². The third-order valence-electron chi connectivity index (χ3n) is 5.50. The van der Waals surface area contributed by atoms with Crippen molar-refractivity contribution in [2.24, 2.45) is 0 Å². The van der Waals surface area contributed by atoms with Crippen molar-refractivity contribution < 1.29 is 4.74 Å². The molecule has 0 aromatic heterocycles. The summed E-state index contributed by atoms with van der Waals surface area (Å²) in [4.78, 5) is 0. The highest BCUT2D eigenvalue weighted by Gasteiger charge is 2.17. The number of hydrogen-bond acceptors (Lipinski definition) is 2. The fraction of sp³-hybridized carbons (Fsp3) is 0.269. The predicted octanol–water partition coefficient (Wildman–Crippen LogP) is 6.39. The van der Waals surface area contributed by atoms with E-state index in [0.717, 1.165) is 24.3 Å². The maximum atomic E-state index is 6.05. The molecule has 0 heterocycles. The van der Waals surface area contributed by atoms with Gasteiger partial charge in [0.25, 0.3) is 0 Å². The lowest BCUT2D eigenvalue weighted by molar-refractivity contribution is 0.210. The smallest absolute Gasteiger partial charge is 0.171 e. The zero-order chi connectivity index (χ0) is 20.8. The van der Waals surface area contributed by atoms with Crippen LogP contribution < -0.4 is 15.4 Å². The molecule has 0 spiro atoms. The van der Waals surface area contributed by atoms with E-state index >= 15 is 0 Å². The number of hydrogen-bond donors (Lipinski definition) is 2. The van der Waals surface area contributed by atoms with E-state index in [1.807, 2.05) is 30.3 Å². The van der Waals surface area contributed by atoms with E-state index < -0.39 is 0 Å². The number of rotatable bonds is 6. The molecule has 3 nitrogen and oxygen atoms in total. The van der Waals surface area contributed by atoms with Crippen LogP contribution in [0.25, 0.3) is 0 Å². The van der Waals surface area contributed by atoms with Gasteiger partial charge < -0.3 is 15.4 Å². The fourth-order valence-corrected chi connectivity index (χ4v) is 4.20. The summed E-state index contributed by atoms with van der Waals surface area (Å²) in [5.74, 6) is 0.924. The van der Waals surface area contributed by atoms with Gasteiger partial charge >= 0.3 is 0 Å². The second kappa shape index (κ2) is 9.77. The molecular weight excluding hydrogens is 388 g/mol. The van der Waals surface area contributed by atoms with Gasteiger partial charge in [0.05, 0.1) is 12.1 Å². The highest BCUT2D eigenvalue weighted by Crippen LogP contribution is 2.26. The highest BCUT2D eigenvalue weighted by atomic mass is 32.1. The lowest BCUT2D eigenvalue weighted by atomic mass is 9.97. The van der Waals surface area contributed by atoms with Crippen LogP contribution in [0.2, 0.25) is 0 Å². The maximum Gasteiger partial charge on any atom is 0.171 e. The van der Waals surface area contributed by atoms with E-state index in [2.05, 4.69) is 66.1 Å². The molecule has 1 aliphatic carbocycles. The Morgan fingerprint density at radius 3 is 2.30 bits per heavy atom. The molecule has 3 aromatic carbocycles. The van der Waals surface area contributed by atoms with Crippen molar-refractivity contribution in [2.75, 3.05) is 5.32 Å². The Labute approximate surface area is 184 Å². The molecule has 30 heavy (non-hydrogen) atoms. The Bertz CT molecular complexity index is 966. The van der Waals surface area contributed by atoms with Crippen molar-refractivity contribution in [1.82, 2.24) is 5.32 Å². The van der Waals surface area contributed by atoms with Crippen LogP contribution in [0.5, 0.6) is 5.75 Å². The summed E-state index contributed by atoms with van der Waals surface area (Å²) in [5, 5.41) is 7.39. The maximum absolute atomic E-state index is 6.05. The van der Waals surface area contributed by atoms with Crippen molar-refractivity contribution in [3.05, 3.63) is 95.6 Å². The van der Waals surface area contributed by atoms with E-state index in [9.17, 15) is 0 Å². The van der Waals surface area contributed by atoms with Crippen LogP contribution in [-0.2, 0) is 0 Å². The normalized spacial score (nSPS) is 14.8. The van der Waals surface area contributed by atoms with Crippen LogP contribution in [0.4, 0.5) is 5.69 Å². The van der Waals surface area contributed by atoms with Gasteiger partial charge in [-0.1, -0.05) is 60.2 Å². The van der Waals surface area contributed by atoms with Gasteiger partial charge in [0, 0.05) is 5.69 Å². The van der Waals surface area contributed by atoms with Crippen LogP contribution >= 0.6 is 12.2 Å². The first-order chi connectivity index (χ1) is 14.7. The molecule has 154 valence electrons. The van der Waals surface area contributed by atoms with Gasteiger partial charge in [-0.25, -0.2) is 0 Å². The SMILES string of the molecule is Cc1cccc([C@@H](NC(=S)Nc2ccc(OC3CCCC3)cc2)c2ccccc2)c1.